The summed E-state index contributed by atoms with van der Waals surface area (Å²) in [6.07, 6.45) is 0. The molecule has 0 saturated carbocycles. The molecule has 1 aromatic rings. The number of likely N-dealkylation sites (tertiary alicyclic amines) is 1. The van der Waals surface area contributed by atoms with Gasteiger partial charge in [-0.2, -0.15) is 0 Å². The highest BCUT2D eigenvalue weighted by Crippen LogP contribution is 2.15. The van der Waals surface area contributed by atoms with Crippen molar-refractivity contribution < 1.29 is 9.53 Å². The molecule has 0 aliphatic carbocycles. The first-order chi connectivity index (χ1) is 7.20. The molecule has 1 aromatic carbocycles. The molecule has 1 fully saturated rings. The Bertz CT molecular complexity index is 355. The Labute approximate surface area is 88.6 Å². The normalized spacial score (nSPS) is 16.0. The van der Waals surface area contributed by atoms with Gasteiger partial charge in [0.15, 0.2) is 0 Å². The number of benzene rings is 1. The lowest BCUT2D eigenvalue weighted by Crippen LogP contribution is -2.57. The van der Waals surface area contributed by atoms with Crippen LogP contribution < -0.4 is 10.5 Å². The third-order valence-corrected chi connectivity index (χ3v) is 2.53. The van der Waals surface area contributed by atoms with Crippen LogP contribution in [0.3, 0.4) is 0 Å². The molecule has 1 aliphatic heterocycles. The van der Waals surface area contributed by atoms with Crippen molar-refractivity contribution in [3.8, 4) is 5.75 Å². The fourth-order valence-electron chi connectivity index (χ4n) is 1.59. The number of ether oxygens (including phenoxy) is 1. The van der Waals surface area contributed by atoms with E-state index in [1.165, 1.54) is 0 Å². The minimum atomic E-state index is 0.0411. The zero-order valence-electron chi connectivity index (χ0n) is 8.64. The van der Waals surface area contributed by atoms with Crippen LogP contribution in [0.2, 0.25) is 0 Å². The second-order valence-electron chi connectivity index (χ2n) is 3.70. The van der Waals surface area contributed by atoms with Crippen LogP contribution in [-0.4, -0.2) is 37.0 Å². The van der Waals surface area contributed by atoms with Gasteiger partial charge in [-0.05, 0) is 24.3 Å². The molecule has 80 valence electrons. The fraction of sp³-hybridized carbons (Fsp3) is 0.364. The molecular formula is C11H14N2O2. The summed E-state index contributed by atoms with van der Waals surface area (Å²) in [7, 11) is 1.60. The zero-order chi connectivity index (χ0) is 10.8. The van der Waals surface area contributed by atoms with E-state index >= 15 is 0 Å². The molecule has 1 heterocycles. The van der Waals surface area contributed by atoms with Gasteiger partial charge in [0.1, 0.15) is 5.75 Å². The first-order valence-electron chi connectivity index (χ1n) is 4.89. The standard InChI is InChI=1S/C11H14N2O2/c1-15-10-4-2-8(3-5-10)11(14)13-6-9(12)7-13/h2-5,9H,6-7,12H2,1H3. The quantitative estimate of drug-likeness (QED) is 0.765. The number of nitrogens with zero attached hydrogens (tertiary/aromatic N) is 1. The van der Waals surface area contributed by atoms with Gasteiger partial charge in [-0.1, -0.05) is 0 Å². The van der Waals surface area contributed by atoms with Crippen molar-refractivity contribution in [3.05, 3.63) is 29.8 Å². The average molecular weight is 206 g/mol. The van der Waals surface area contributed by atoms with Crippen molar-refractivity contribution in [2.75, 3.05) is 20.2 Å². The molecule has 0 atom stereocenters. The van der Waals surface area contributed by atoms with Gasteiger partial charge in [-0.3, -0.25) is 4.79 Å². The molecule has 2 rings (SSSR count). The third-order valence-electron chi connectivity index (χ3n) is 2.53. The highest BCUT2D eigenvalue weighted by Gasteiger charge is 2.28. The molecule has 1 amide bonds. The van der Waals surface area contributed by atoms with E-state index in [4.69, 9.17) is 10.5 Å². The van der Waals surface area contributed by atoms with Crippen molar-refractivity contribution in [3.63, 3.8) is 0 Å². The Hall–Kier alpha value is -1.55. The number of hydrogen-bond acceptors (Lipinski definition) is 3. The van der Waals surface area contributed by atoms with Crippen LogP contribution in [0.25, 0.3) is 0 Å². The molecule has 1 aliphatic rings. The van der Waals surface area contributed by atoms with Crippen LogP contribution in [-0.2, 0) is 0 Å². The predicted molar refractivity (Wildman–Crippen MR) is 56.9 cm³/mol. The monoisotopic (exact) mass is 206 g/mol. The Balaban J connectivity index is 2.06. The summed E-state index contributed by atoms with van der Waals surface area (Å²) in [5.41, 5.74) is 6.30. The number of rotatable bonds is 2. The number of amides is 1. The van der Waals surface area contributed by atoms with Crippen LogP contribution in [0.4, 0.5) is 0 Å². The Morgan fingerprint density at radius 3 is 2.47 bits per heavy atom. The number of nitrogens with two attached hydrogens (primary N) is 1. The number of carbonyl (C=O) groups excluding carboxylic acids is 1. The first-order valence-corrected chi connectivity index (χ1v) is 4.89. The summed E-state index contributed by atoms with van der Waals surface area (Å²) in [5, 5.41) is 0. The molecule has 4 nitrogen and oxygen atoms in total. The van der Waals surface area contributed by atoms with Gasteiger partial charge in [0.25, 0.3) is 5.91 Å². The maximum absolute atomic E-state index is 11.8. The van der Waals surface area contributed by atoms with Gasteiger partial charge < -0.3 is 15.4 Å². The van der Waals surface area contributed by atoms with Crippen molar-refractivity contribution >= 4 is 5.91 Å². The van der Waals surface area contributed by atoms with E-state index in [1.807, 2.05) is 0 Å². The first kappa shape index (κ1) is 9.98. The summed E-state index contributed by atoms with van der Waals surface area (Å²) < 4.78 is 5.02. The molecule has 0 unspecified atom stereocenters. The SMILES string of the molecule is COc1ccc(C(=O)N2CC(N)C2)cc1. The molecule has 2 N–H and O–H groups in total. The number of carbonyl (C=O) groups is 1. The van der Waals surface area contributed by atoms with Gasteiger partial charge >= 0.3 is 0 Å². The summed E-state index contributed by atoms with van der Waals surface area (Å²) >= 11 is 0. The lowest BCUT2D eigenvalue weighted by Gasteiger charge is -2.36. The van der Waals surface area contributed by atoms with Gasteiger partial charge in [0.05, 0.1) is 7.11 Å². The molecule has 0 radical (unpaired) electrons. The molecule has 0 spiro atoms. The second-order valence-corrected chi connectivity index (χ2v) is 3.70. The van der Waals surface area contributed by atoms with Crippen molar-refractivity contribution in [2.45, 2.75) is 6.04 Å². The maximum atomic E-state index is 11.8. The molecule has 1 saturated heterocycles. The van der Waals surface area contributed by atoms with Crippen LogP contribution in [0.5, 0.6) is 5.75 Å². The molecular weight excluding hydrogens is 192 g/mol. The fourth-order valence-corrected chi connectivity index (χ4v) is 1.59. The number of methoxy groups -OCH3 is 1. The van der Waals surface area contributed by atoms with Crippen molar-refractivity contribution in [1.29, 1.82) is 0 Å². The third kappa shape index (κ3) is 1.94. The highest BCUT2D eigenvalue weighted by molar-refractivity contribution is 5.94. The Kier molecular flexibility index (Phi) is 2.60. The Morgan fingerprint density at radius 2 is 2.00 bits per heavy atom. The van der Waals surface area contributed by atoms with Crippen molar-refractivity contribution in [2.24, 2.45) is 5.73 Å². The lowest BCUT2D eigenvalue weighted by atomic mass is 10.1. The summed E-state index contributed by atoms with van der Waals surface area (Å²) in [6, 6.07) is 7.25. The topological polar surface area (TPSA) is 55.6 Å². The lowest BCUT2D eigenvalue weighted by molar-refractivity contribution is 0.0608. The smallest absolute Gasteiger partial charge is 0.253 e. The molecule has 4 heteroatoms. The highest BCUT2D eigenvalue weighted by atomic mass is 16.5. The second kappa shape index (κ2) is 3.90. The van der Waals surface area contributed by atoms with E-state index in [9.17, 15) is 4.79 Å². The van der Waals surface area contributed by atoms with E-state index in [0.29, 0.717) is 18.7 Å². The predicted octanol–water partition coefficient (Wildman–Crippen LogP) is 0.478. The minimum Gasteiger partial charge on any atom is -0.497 e. The molecule has 15 heavy (non-hydrogen) atoms. The largest absolute Gasteiger partial charge is 0.497 e. The van der Waals surface area contributed by atoms with E-state index in [-0.39, 0.29) is 11.9 Å². The van der Waals surface area contributed by atoms with Crippen LogP contribution in [0.1, 0.15) is 10.4 Å². The van der Waals surface area contributed by atoms with E-state index in [2.05, 4.69) is 0 Å². The van der Waals surface area contributed by atoms with Crippen LogP contribution in [0.15, 0.2) is 24.3 Å². The number of hydrogen-bond donors (Lipinski definition) is 1. The Morgan fingerprint density at radius 1 is 1.40 bits per heavy atom. The maximum Gasteiger partial charge on any atom is 0.253 e. The summed E-state index contributed by atoms with van der Waals surface area (Å²) in [4.78, 5) is 13.5. The van der Waals surface area contributed by atoms with Gasteiger partial charge in [-0.25, -0.2) is 0 Å². The molecule has 0 aromatic heterocycles. The molecule has 0 bridgehead atoms. The van der Waals surface area contributed by atoms with Gasteiger partial charge in [0.2, 0.25) is 0 Å². The minimum absolute atomic E-state index is 0.0411. The van der Waals surface area contributed by atoms with Gasteiger partial charge in [-0.15, -0.1) is 0 Å². The average Bonchev–Trinajstić information content (AvgIpc) is 2.24. The van der Waals surface area contributed by atoms with E-state index in [0.717, 1.165) is 5.75 Å². The summed E-state index contributed by atoms with van der Waals surface area (Å²) in [6.45, 7) is 1.32. The van der Waals surface area contributed by atoms with Crippen LogP contribution in [0, 0.1) is 0 Å². The zero-order valence-corrected chi connectivity index (χ0v) is 8.64. The van der Waals surface area contributed by atoms with Crippen LogP contribution >= 0.6 is 0 Å². The van der Waals surface area contributed by atoms with E-state index in [1.54, 1.807) is 36.3 Å². The van der Waals surface area contributed by atoms with Crippen molar-refractivity contribution in [1.82, 2.24) is 4.90 Å². The van der Waals surface area contributed by atoms with Gasteiger partial charge in [0, 0.05) is 24.7 Å². The van der Waals surface area contributed by atoms with E-state index < -0.39 is 0 Å². The summed E-state index contributed by atoms with van der Waals surface area (Å²) in [5.74, 6) is 0.797.